The van der Waals surface area contributed by atoms with E-state index in [-0.39, 0.29) is 11.4 Å². The maximum atomic E-state index is 13.2. The molecule has 3 rings (SSSR count). The lowest BCUT2D eigenvalue weighted by Crippen LogP contribution is -2.18. The Kier molecular flexibility index (Phi) is 2.26. The Morgan fingerprint density at radius 3 is 2.24 bits per heavy atom. The second-order valence-electron chi connectivity index (χ2n) is 4.75. The Hall–Kier alpha value is -1.67. The highest BCUT2D eigenvalue weighted by atomic mass is 19.1. The number of benzene rings is 2. The Morgan fingerprint density at radius 1 is 0.941 bits per heavy atom. The topological polar surface area (TPSA) is 26.0 Å². The third kappa shape index (κ3) is 1.96. The van der Waals surface area contributed by atoms with E-state index in [1.54, 1.807) is 12.1 Å². The lowest BCUT2D eigenvalue weighted by atomic mass is 9.99. The van der Waals surface area contributed by atoms with Gasteiger partial charge in [-0.15, -0.1) is 0 Å². The minimum atomic E-state index is -0.207. The van der Waals surface area contributed by atoms with Gasteiger partial charge in [0.05, 0.1) is 0 Å². The van der Waals surface area contributed by atoms with Crippen molar-refractivity contribution in [3.63, 3.8) is 0 Å². The first-order chi connectivity index (χ1) is 8.17. The summed E-state index contributed by atoms with van der Waals surface area (Å²) in [5.41, 5.74) is 9.11. The van der Waals surface area contributed by atoms with Gasteiger partial charge in [-0.3, -0.25) is 0 Å². The second kappa shape index (κ2) is 3.67. The van der Waals surface area contributed by atoms with Crippen molar-refractivity contribution in [2.75, 3.05) is 0 Å². The van der Waals surface area contributed by atoms with Crippen molar-refractivity contribution < 1.29 is 4.39 Å². The van der Waals surface area contributed by atoms with Gasteiger partial charge in [-0.05, 0) is 47.7 Å². The summed E-state index contributed by atoms with van der Waals surface area (Å²) in [7, 11) is 0. The predicted molar refractivity (Wildman–Crippen MR) is 66.9 cm³/mol. The zero-order chi connectivity index (χ0) is 11.9. The standard InChI is InChI=1S/C15H14FN/c16-14-6-2-4-12(10-14)11-3-1-5-13(9-11)15(17)7-8-15/h1-6,9-10H,7-8,17H2. The van der Waals surface area contributed by atoms with Crippen LogP contribution in [0.15, 0.2) is 48.5 Å². The first-order valence-corrected chi connectivity index (χ1v) is 5.83. The molecule has 2 heteroatoms. The molecule has 0 spiro atoms. The third-order valence-electron chi connectivity index (χ3n) is 3.38. The van der Waals surface area contributed by atoms with Gasteiger partial charge in [0.2, 0.25) is 0 Å². The Balaban J connectivity index is 2.03. The van der Waals surface area contributed by atoms with Crippen LogP contribution in [0.4, 0.5) is 4.39 Å². The van der Waals surface area contributed by atoms with Crippen LogP contribution in [0, 0.1) is 5.82 Å². The average molecular weight is 227 g/mol. The molecule has 1 nitrogen and oxygen atoms in total. The summed E-state index contributed by atoms with van der Waals surface area (Å²) in [6.45, 7) is 0. The lowest BCUT2D eigenvalue weighted by molar-refractivity contribution is 0.628. The SMILES string of the molecule is NC1(c2cccc(-c3cccc(F)c3)c2)CC1. The van der Waals surface area contributed by atoms with Crippen LogP contribution in [-0.4, -0.2) is 0 Å². The van der Waals surface area contributed by atoms with E-state index in [4.69, 9.17) is 5.73 Å². The summed E-state index contributed by atoms with van der Waals surface area (Å²) in [5, 5.41) is 0. The normalized spacial score (nSPS) is 16.8. The van der Waals surface area contributed by atoms with Gasteiger partial charge in [-0.1, -0.05) is 30.3 Å². The molecule has 0 saturated heterocycles. The molecule has 0 aliphatic heterocycles. The Labute approximate surface area is 100 Å². The molecule has 2 aromatic rings. The summed E-state index contributed by atoms with van der Waals surface area (Å²) in [4.78, 5) is 0. The molecule has 1 fully saturated rings. The van der Waals surface area contributed by atoms with Crippen LogP contribution in [-0.2, 0) is 5.54 Å². The van der Waals surface area contributed by atoms with Gasteiger partial charge in [-0.25, -0.2) is 4.39 Å². The molecule has 0 amide bonds. The second-order valence-corrected chi connectivity index (χ2v) is 4.75. The molecule has 1 aliphatic carbocycles. The predicted octanol–water partition coefficient (Wildman–Crippen LogP) is 3.44. The Bertz CT molecular complexity index is 558. The van der Waals surface area contributed by atoms with E-state index in [1.807, 2.05) is 18.2 Å². The molecule has 2 N–H and O–H groups in total. The zero-order valence-corrected chi connectivity index (χ0v) is 9.49. The van der Waals surface area contributed by atoms with Crippen LogP contribution < -0.4 is 5.73 Å². The molecular formula is C15H14FN. The molecule has 0 bridgehead atoms. The average Bonchev–Trinajstić information content (AvgIpc) is 3.09. The fourth-order valence-electron chi connectivity index (χ4n) is 2.10. The third-order valence-corrected chi connectivity index (χ3v) is 3.38. The van der Waals surface area contributed by atoms with Crippen LogP contribution in [0.25, 0.3) is 11.1 Å². The highest BCUT2D eigenvalue weighted by Gasteiger charge is 2.39. The summed E-state index contributed by atoms with van der Waals surface area (Å²) >= 11 is 0. The fourth-order valence-corrected chi connectivity index (χ4v) is 2.10. The maximum Gasteiger partial charge on any atom is 0.123 e. The van der Waals surface area contributed by atoms with Gasteiger partial charge in [-0.2, -0.15) is 0 Å². The van der Waals surface area contributed by atoms with Crippen molar-refractivity contribution in [3.8, 4) is 11.1 Å². The largest absolute Gasteiger partial charge is 0.321 e. The summed E-state index contributed by atoms with van der Waals surface area (Å²) in [6, 6.07) is 14.8. The van der Waals surface area contributed by atoms with Crippen molar-refractivity contribution in [2.24, 2.45) is 5.73 Å². The molecule has 86 valence electrons. The molecule has 1 aliphatic rings. The minimum Gasteiger partial charge on any atom is -0.321 e. The van der Waals surface area contributed by atoms with Crippen molar-refractivity contribution in [2.45, 2.75) is 18.4 Å². The number of nitrogens with two attached hydrogens (primary N) is 1. The van der Waals surface area contributed by atoms with Gasteiger partial charge in [0, 0.05) is 5.54 Å². The molecule has 17 heavy (non-hydrogen) atoms. The zero-order valence-electron chi connectivity index (χ0n) is 9.49. The lowest BCUT2D eigenvalue weighted by Gasteiger charge is -2.11. The van der Waals surface area contributed by atoms with E-state index in [0.29, 0.717) is 0 Å². The van der Waals surface area contributed by atoms with Crippen LogP contribution in [0.1, 0.15) is 18.4 Å². The Morgan fingerprint density at radius 2 is 1.59 bits per heavy atom. The van der Waals surface area contributed by atoms with E-state index >= 15 is 0 Å². The van der Waals surface area contributed by atoms with Crippen molar-refractivity contribution in [3.05, 3.63) is 59.9 Å². The molecule has 2 aromatic carbocycles. The van der Waals surface area contributed by atoms with E-state index in [9.17, 15) is 4.39 Å². The minimum absolute atomic E-state index is 0.136. The van der Waals surface area contributed by atoms with Crippen LogP contribution in [0.2, 0.25) is 0 Å². The molecule has 0 aromatic heterocycles. The number of hydrogen-bond acceptors (Lipinski definition) is 1. The van der Waals surface area contributed by atoms with Crippen molar-refractivity contribution >= 4 is 0 Å². The molecule has 0 radical (unpaired) electrons. The monoisotopic (exact) mass is 227 g/mol. The molecular weight excluding hydrogens is 213 g/mol. The first-order valence-electron chi connectivity index (χ1n) is 5.83. The highest BCUT2D eigenvalue weighted by molar-refractivity contribution is 5.64. The van der Waals surface area contributed by atoms with E-state index in [0.717, 1.165) is 29.5 Å². The van der Waals surface area contributed by atoms with Crippen molar-refractivity contribution in [1.82, 2.24) is 0 Å². The highest BCUT2D eigenvalue weighted by Crippen LogP contribution is 2.43. The van der Waals surface area contributed by atoms with Gasteiger partial charge < -0.3 is 5.73 Å². The smallest absolute Gasteiger partial charge is 0.123 e. The van der Waals surface area contributed by atoms with Crippen molar-refractivity contribution in [1.29, 1.82) is 0 Å². The van der Waals surface area contributed by atoms with Crippen LogP contribution >= 0.6 is 0 Å². The summed E-state index contributed by atoms with van der Waals surface area (Å²) < 4.78 is 13.2. The first kappa shape index (κ1) is 10.5. The molecule has 0 unspecified atom stereocenters. The molecule has 0 atom stereocenters. The van der Waals surface area contributed by atoms with E-state index < -0.39 is 0 Å². The van der Waals surface area contributed by atoms with Gasteiger partial charge >= 0.3 is 0 Å². The quantitative estimate of drug-likeness (QED) is 0.835. The van der Waals surface area contributed by atoms with Crippen LogP contribution in [0.5, 0.6) is 0 Å². The van der Waals surface area contributed by atoms with E-state index in [2.05, 4.69) is 12.1 Å². The molecule has 1 saturated carbocycles. The molecule has 0 heterocycles. The maximum absolute atomic E-state index is 13.2. The number of rotatable bonds is 2. The number of halogens is 1. The van der Waals surface area contributed by atoms with E-state index in [1.165, 1.54) is 6.07 Å². The summed E-state index contributed by atoms with van der Waals surface area (Å²) in [6.07, 6.45) is 2.08. The van der Waals surface area contributed by atoms with Gasteiger partial charge in [0.25, 0.3) is 0 Å². The van der Waals surface area contributed by atoms with Gasteiger partial charge in [0.15, 0.2) is 0 Å². The fraction of sp³-hybridized carbons (Fsp3) is 0.200. The summed E-state index contributed by atoms with van der Waals surface area (Å²) in [5.74, 6) is -0.207. The van der Waals surface area contributed by atoms with Crippen LogP contribution in [0.3, 0.4) is 0 Å². The number of hydrogen-bond donors (Lipinski definition) is 1. The van der Waals surface area contributed by atoms with Gasteiger partial charge in [0.1, 0.15) is 5.82 Å².